The van der Waals surface area contributed by atoms with E-state index in [9.17, 15) is 4.79 Å². The Balaban J connectivity index is 1.34. The summed E-state index contributed by atoms with van der Waals surface area (Å²) in [6, 6.07) is 15.5. The van der Waals surface area contributed by atoms with Gasteiger partial charge in [0.15, 0.2) is 11.5 Å². The Kier molecular flexibility index (Phi) is 4.23. The molecule has 0 aliphatic carbocycles. The summed E-state index contributed by atoms with van der Waals surface area (Å²) in [6.07, 6.45) is 0.365. The van der Waals surface area contributed by atoms with E-state index in [1.165, 1.54) is 0 Å². The number of nitrogens with zero attached hydrogens (tertiary/aromatic N) is 4. The van der Waals surface area contributed by atoms with Gasteiger partial charge in [-0.2, -0.15) is 10.1 Å². The van der Waals surface area contributed by atoms with Gasteiger partial charge in [0.2, 0.25) is 5.91 Å². The van der Waals surface area contributed by atoms with Crippen LogP contribution >= 0.6 is 0 Å². The van der Waals surface area contributed by atoms with Crippen LogP contribution in [0.2, 0.25) is 0 Å². The second-order valence-electron chi connectivity index (χ2n) is 7.10. The molecule has 1 aliphatic heterocycles. The number of amides is 1. The maximum absolute atomic E-state index is 12.5. The van der Waals surface area contributed by atoms with Crippen LogP contribution in [0.25, 0.3) is 22.5 Å². The average molecular weight is 389 g/mol. The van der Waals surface area contributed by atoms with Gasteiger partial charge in [-0.05, 0) is 23.8 Å². The van der Waals surface area contributed by atoms with Crippen LogP contribution in [-0.2, 0) is 11.3 Å². The van der Waals surface area contributed by atoms with E-state index in [0.29, 0.717) is 36.9 Å². The van der Waals surface area contributed by atoms with Gasteiger partial charge in [-0.25, -0.2) is 0 Å². The molecule has 0 spiro atoms. The summed E-state index contributed by atoms with van der Waals surface area (Å²) in [5.41, 5.74) is 2.55. The molecular formula is C21H19N5O3. The lowest BCUT2D eigenvalue weighted by atomic mass is 10.1. The fourth-order valence-corrected chi connectivity index (χ4v) is 3.71. The first kappa shape index (κ1) is 17.4. The van der Waals surface area contributed by atoms with Crippen LogP contribution in [-0.4, -0.2) is 44.8 Å². The van der Waals surface area contributed by atoms with Gasteiger partial charge >= 0.3 is 0 Å². The Morgan fingerprint density at radius 3 is 3.03 bits per heavy atom. The Morgan fingerprint density at radius 2 is 2.14 bits per heavy atom. The third-order valence-electron chi connectivity index (χ3n) is 5.20. The van der Waals surface area contributed by atoms with E-state index in [4.69, 9.17) is 9.26 Å². The van der Waals surface area contributed by atoms with Crippen molar-refractivity contribution in [3.05, 3.63) is 59.9 Å². The van der Waals surface area contributed by atoms with Crippen molar-refractivity contribution in [3.8, 4) is 17.3 Å². The molecule has 1 N–H and O–H groups in total. The molecule has 1 amide bonds. The highest BCUT2D eigenvalue weighted by Gasteiger charge is 2.34. The number of methoxy groups -OCH3 is 1. The number of rotatable bonds is 5. The predicted octanol–water partition coefficient (Wildman–Crippen LogP) is 3.14. The van der Waals surface area contributed by atoms with Crippen LogP contribution in [0.3, 0.4) is 0 Å². The van der Waals surface area contributed by atoms with E-state index in [-0.39, 0.29) is 11.8 Å². The van der Waals surface area contributed by atoms with Gasteiger partial charge in [-0.3, -0.25) is 9.89 Å². The predicted molar refractivity (Wildman–Crippen MR) is 105 cm³/mol. The van der Waals surface area contributed by atoms with Crippen LogP contribution in [0.1, 0.15) is 23.7 Å². The number of aromatic nitrogens is 4. The monoisotopic (exact) mass is 389 g/mol. The normalized spacial score (nSPS) is 16.7. The van der Waals surface area contributed by atoms with Crippen molar-refractivity contribution in [3.63, 3.8) is 0 Å². The molecule has 1 fully saturated rings. The molecule has 8 heteroatoms. The fraction of sp³-hybridized carbons (Fsp3) is 0.238. The molecule has 0 bridgehead atoms. The molecule has 0 saturated carbocycles. The first-order valence-electron chi connectivity index (χ1n) is 9.39. The number of H-pyrrole nitrogens is 1. The second kappa shape index (κ2) is 7.05. The first-order chi connectivity index (χ1) is 14.2. The van der Waals surface area contributed by atoms with Gasteiger partial charge in [0.05, 0.1) is 12.6 Å². The maximum Gasteiger partial charge on any atom is 0.279 e. The highest BCUT2D eigenvalue weighted by atomic mass is 16.5. The minimum absolute atomic E-state index is 0.0781. The van der Waals surface area contributed by atoms with Crippen molar-refractivity contribution in [1.82, 2.24) is 25.2 Å². The van der Waals surface area contributed by atoms with Gasteiger partial charge in [0.25, 0.3) is 5.89 Å². The number of likely N-dealkylation sites (tertiary alicyclic amines) is 1. The summed E-state index contributed by atoms with van der Waals surface area (Å²) >= 11 is 0. The quantitative estimate of drug-likeness (QED) is 0.563. The Labute approximate surface area is 166 Å². The average Bonchev–Trinajstić information content (AvgIpc) is 3.47. The molecule has 5 rings (SSSR count). The lowest BCUT2D eigenvalue weighted by Gasteiger charge is -2.16. The number of carbonyl (C=O) groups is 1. The number of hydrogen-bond acceptors (Lipinski definition) is 6. The van der Waals surface area contributed by atoms with Crippen molar-refractivity contribution in [1.29, 1.82) is 0 Å². The third kappa shape index (κ3) is 3.22. The maximum atomic E-state index is 12.5. The number of para-hydroxylation sites is 1. The molecular weight excluding hydrogens is 370 g/mol. The van der Waals surface area contributed by atoms with E-state index in [2.05, 4.69) is 20.3 Å². The molecule has 0 radical (unpaired) electrons. The number of aromatic amines is 1. The Morgan fingerprint density at radius 1 is 1.24 bits per heavy atom. The smallest absolute Gasteiger partial charge is 0.279 e. The molecule has 1 unspecified atom stereocenters. The largest absolute Gasteiger partial charge is 0.497 e. The SMILES string of the molecule is COc1cccc(CN2CC(c3noc(-c4n[nH]c5ccccc45)n3)CC2=O)c1. The molecule has 2 aromatic heterocycles. The van der Waals surface area contributed by atoms with E-state index in [0.717, 1.165) is 22.2 Å². The van der Waals surface area contributed by atoms with E-state index < -0.39 is 0 Å². The summed E-state index contributed by atoms with van der Waals surface area (Å²) in [4.78, 5) is 18.9. The molecule has 1 saturated heterocycles. The number of fused-ring (bicyclic) bond motifs is 1. The Hall–Kier alpha value is -3.68. The van der Waals surface area contributed by atoms with Crippen LogP contribution < -0.4 is 4.74 Å². The topological polar surface area (TPSA) is 97.1 Å². The van der Waals surface area contributed by atoms with Crippen LogP contribution in [0, 0.1) is 0 Å². The summed E-state index contributed by atoms with van der Waals surface area (Å²) < 4.78 is 10.7. The van der Waals surface area contributed by atoms with Gasteiger partial charge in [-0.1, -0.05) is 35.5 Å². The number of nitrogens with one attached hydrogen (secondary N) is 1. The summed E-state index contributed by atoms with van der Waals surface area (Å²) in [7, 11) is 1.63. The molecule has 8 nitrogen and oxygen atoms in total. The number of ether oxygens (including phenoxy) is 1. The summed E-state index contributed by atoms with van der Waals surface area (Å²) in [5, 5.41) is 12.3. The van der Waals surface area contributed by atoms with Crippen molar-refractivity contribution in [2.45, 2.75) is 18.9 Å². The summed E-state index contributed by atoms with van der Waals surface area (Å²) in [6.45, 7) is 1.08. The van der Waals surface area contributed by atoms with Crippen molar-refractivity contribution in [2.75, 3.05) is 13.7 Å². The zero-order chi connectivity index (χ0) is 19.8. The number of hydrogen-bond donors (Lipinski definition) is 1. The highest BCUT2D eigenvalue weighted by molar-refractivity contribution is 5.90. The Bertz CT molecular complexity index is 1180. The third-order valence-corrected chi connectivity index (χ3v) is 5.20. The van der Waals surface area contributed by atoms with Gasteiger partial charge in [0.1, 0.15) is 5.75 Å². The fourth-order valence-electron chi connectivity index (χ4n) is 3.71. The molecule has 3 heterocycles. The molecule has 2 aromatic carbocycles. The second-order valence-corrected chi connectivity index (χ2v) is 7.10. The molecule has 1 aliphatic rings. The van der Waals surface area contributed by atoms with Crippen LogP contribution in [0.5, 0.6) is 5.75 Å². The van der Waals surface area contributed by atoms with Crippen molar-refractivity contribution < 1.29 is 14.1 Å². The molecule has 146 valence electrons. The zero-order valence-electron chi connectivity index (χ0n) is 15.8. The van der Waals surface area contributed by atoms with Crippen LogP contribution in [0.15, 0.2) is 53.1 Å². The van der Waals surface area contributed by atoms with Crippen LogP contribution in [0.4, 0.5) is 0 Å². The molecule has 4 aromatic rings. The van der Waals surface area contributed by atoms with E-state index in [1.54, 1.807) is 7.11 Å². The molecule has 29 heavy (non-hydrogen) atoms. The van der Waals surface area contributed by atoms with Gasteiger partial charge < -0.3 is 14.2 Å². The number of carbonyl (C=O) groups excluding carboxylic acids is 1. The lowest BCUT2D eigenvalue weighted by Crippen LogP contribution is -2.24. The number of benzene rings is 2. The van der Waals surface area contributed by atoms with Crippen molar-refractivity contribution >= 4 is 16.8 Å². The zero-order valence-corrected chi connectivity index (χ0v) is 15.8. The minimum Gasteiger partial charge on any atom is -0.497 e. The standard InChI is InChI=1S/C21H19N5O3/c1-28-15-6-4-5-13(9-15)11-26-12-14(10-18(26)27)20-22-21(29-25-20)19-16-7-2-3-8-17(16)23-24-19/h2-9,14H,10-12H2,1H3,(H,23,24). The van der Waals surface area contributed by atoms with Gasteiger partial charge in [0, 0.05) is 30.8 Å². The molecule has 1 atom stereocenters. The first-order valence-corrected chi connectivity index (χ1v) is 9.39. The van der Waals surface area contributed by atoms with Gasteiger partial charge in [-0.15, -0.1) is 0 Å². The highest BCUT2D eigenvalue weighted by Crippen LogP contribution is 2.31. The lowest BCUT2D eigenvalue weighted by molar-refractivity contribution is -0.128. The van der Waals surface area contributed by atoms with E-state index in [1.807, 2.05) is 53.4 Å². The summed E-state index contributed by atoms with van der Waals surface area (Å²) in [5.74, 6) is 1.65. The minimum atomic E-state index is -0.101. The van der Waals surface area contributed by atoms with E-state index >= 15 is 0 Å². The van der Waals surface area contributed by atoms with Crippen molar-refractivity contribution in [2.24, 2.45) is 0 Å².